The Kier molecular flexibility index (Phi) is 2.89. The summed E-state index contributed by atoms with van der Waals surface area (Å²) in [6.07, 6.45) is 1.51. The van der Waals surface area contributed by atoms with Crippen molar-refractivity contribution in [2.24, 2.45) is 0 Å². The number of benzene rings is 1. The molecule has 17 heavy (non-hydrogen) atoms. The van der Waals surface area contributed by atoms with E-state index in [1.165, 1.54) is 23.6 Å². The van der Waals surface area contributed by atoms with Gasteiger partial charge in [0, 0.05) is 6.20 Å². The summed E-state index contributed by atoms with van der Waals surface area (Å²) in [4.78, 5) is 4.49. The van der Waals surface area contributed by atoms with Gasteiger partial charge in [-0.25, -0.2) is 9.37 Å². The first-order valence-corrected chi connectivity index (χ1v) is 5.93. The Morgan fingerprint density at radius 1 is 1.47 bits per heavy atom. The fourth-order valence-electron chi connectivity index (χ4n) is 1.55. The van der Waals surface area contributed by atoms with Gasteiger partial charge in [0.05, 0.1) is 4.88 Å². The van der Waals surface area contributed by atoms with Crippen LogP contribution in [0.2, 0.25) is 0 Å². The van der Waals surface area contributed by atoms with Crippen LogP contribution in [0.5, 0.6) is 0 Å². The van der Waals surface area contributed by atoms with Crippen LogP contribution in [0.1, 0.15) is 22.9 Å². The van der Waals surface area contributed by atoms with E-state index in [-0.39, 0.29) is 5.82 Å². The normalized spacial score (nSPS) is 14.6. The van der Waals surface area contributed by atoms with Crippen molar-refractivity contribution in [1.29, 1.82) is 0 Å². The number of hydrogen-bond donors (Lipinski definition) is 2. The van der Waals surface area contributed by atoms with Crippen molar-refractivity contribution < 1.29 is 9.50 Å². The number of hydrogen-bond acceptors (Lipinski definition) is 4. The fraction of sp³-hybridized carbons (Fsp3) is 0.250. The second kappa shape index (κ2) is 4.09. The summed E-state index contributed by atoms with van der Waals surface area (Å²) in [7, 11) is 0. The number of nitrogen functional groups attached to an aromatic ring is 1. The number of anilines is 1. The summed E-state index contributed by atoms with van der Waals surface area (Å²) in [6.45, 7) is 3.28. The molecular weight excluding hydrogens is 239 g/mol. The summed E-state index contributed by atoms with van der Waals surface area (Å²) in [5, 5.41) is 10.8. The highest BCUT2D eigenvalue weighted by atomic mass is 32.1. The van der Waals surface area contributed by atoms with E-state index in [2.05, 4.69) is 4.98 Å². The number of aromatic nitrogens is 1. The Balaban J connectivity index is 2.47. The van der Waals surface area contributed by atoms with Crippen molar-refractivity contribution in [2.75, 3.05) is 5.73 Å². The molecule has 5 heteroatoms. The van der Waals surface area contributed by atoms with E-state index >= 15 is 0 Å². The zero-order valence-corrected chi connectivity index (χ0v) is 10.4. The summed E-state index contributed by atoms with van der Waals surface area (Å²) >= 11 is 1.19. The number of nitrogens with zero attached hydrogens (tertiary/aromatic N) is 1. The molecule has 1 aromatic carbocycles. The lowest BCUT2D eigenvalue weighted by atomic mass is 9.94. The minimum atomic E-state index is -1.27. The summed E-state index contributed by atoms with van der Waals surface area (Å²) in [6, 6.07) is 4.68. The average molecular weight is 252 g/mol. The number of rotatable bonds is 2. The molecule has 0 fully saturated rings. The van der Waals surface area contributed by atoms with Crippen molar-refractivity contribution in [3.63, 3.8) is 0 Å². The molecule has 3 nitrogen and oxygen atoms in total. The topological polar surface area (TPSA) is 59.1 Å². The first-order valence-electron chi connectivity index (χ1n) is 5.12. The Labute approximate surface area is 103 Å². The van der Waals surface area contributed by atoms with Gasteiger partial charge in [-0.1, -0.05) is 23.5 Å². The molecular formula is C12H13FN2OS. The lowest BCUT2D eigenvalue weighted by molar-refractivity contribution is 0.106. The van der Waals surface area contributed by atoms with E-state index in [1.54, 1.807) is 26.0 Å². The van der Waals surface area contributed by atoms with Gasteiger partial charge in [-0.05, 0) is 31.0 Å². The molecule has 3 N–H and O–H groups in total. The summed E-state index contributed by atoms with van der Waals surface area (Å²) < 4.78 is 13.5. The maximum absolute atomic E-state index is 13.5. The molecule has 0 radical (unpaired) electrons. The largest absolute Gasteiger partial charge is 0.380 e. The number of nitrogens with two attached hydrogens (primary N) is 1. The number of aliphatic hydroxyl groups is 1. The standard InChI is InChI=1S/C12H13FN2OS/c1-7-3-4-8(5-9(7)13)12(2,16)10-6-15-11(14)17-10/h3-6,16H,1-2H3,(H2,14,15). The predicted molar refractivity (Wildman–Crippen MR) is 66.3 cm³/mol. The summed E-state index contributed by atoms with van der Waals surface area (Å²) in [5.41, 5.74) is 5.30. The number of aryl methyl sites for hydroxylation is 1. The van der Waals surface area contributed by atoms with Crippen LogP contribution < -0.4 is 5.73 Å². The van der Waals surface area contributed by atoms with Crippen LogP contribution in [0.25, 0.3) is 0 Å². The highest BCUT2D eigenvalue weighted by Gasteiger charge is 2.28. The monoisotopic (exact) mass is 252 g/mol. The third-order valence-corrected chi connectivity index (χ3v) is 3.77. The maximum atomic E-state index is 13.5. The van der Waals surface area contributed by atoms with Crippen molar-refractivity contribution in [1.82, 2.24) is 4.98 Å². The lowest BCUT2D eigenvalue weighted by Crippen LogP contribution is -2.21. The van der Waals surface area contributed by atoms with Crippen LogP contribution >= 0.6 is 11.3 Å². The minimum Gasteiger partial charge on any atom is -0.380 e. The van der Waals surface area contributed by atoms with Crippen LogP contribution in [0, 0.1) is 12.7 Å². The van der Waals surface area contributed by atoms with Crippen LogP contribution in [-0.2, 0) is 5.60 Å². The van der Waals surface area contributed by atoms with Crippen molar-refractivity contribution in [3.8, 4) is 0 Å². The number of halogens is 1. The highest BCUT2D eigenvalue weighted by molar-refractivity contribution is 7.15. The summed E-state index contributed by atoms with van der Waals surface area (Å²) in [5.74, 6) is -0.333. The van der Waals surface area contributed by atoms with E-state index in [0.29, 0.717) is 21.1 Å². The molecule has 1 aromatic heterocycles. The molecule has 0 aliphatic heterocycles. The first-order chi connectivity index (χ1) is 7.91. The molecule has 0 bridgehead atoms. The predicted octanol–water partition coefficient (Wildman–Crippen LogP) is 2.43. The average Bonchev–Trinajstić information content (AvgIpc) is 2.69. The van der Waals surface area contributed by atoms with Crippen LogP contribution in [0.4, 0.5) is 9.52 Å². The molecule has 0 saturated carbocycles. The van der Waals surface area contributed by atoms with Gasteiger partial charge in [-0.2, -0.15) is 0 Å². The molecule has 1 atom stereocenters. The van der Waals surface area contributed by atoms with Gasteiger partial charge in [0.1, 0.15) is 11.4 Å². The van der Waals surface area contributed by atoms with Gasteiger partial charge in [0.15, 0.2) is 5.13 Å². The highest BCUT2D eigenvalue weighted by Crippen LogP contribution is 2.34. The van der Waals surface area contributed by atoms with E-state index in [4.69, 9.17) is 5.73 Å². The quantitative estimate of drug-likeness (QED) is 0.863. The molecule has 90 valence electrons. The molecule has 1 unspecified atom stereocenters. The van der Waals surface area contributed by atoms with E-state index in [9.17, 15) is 9.50 Å². The van der Waals surface area contributed by atoms with Crippen molar-refractivity contribution in [3.05, 3.63) is 46.2 Å². The van der Waals surface area contributed by atoms with Gasteiger partial charge in [0.25, 0.3) is 0 Å². The molecule has 0 aliphatic carbocycles. The van der Waals surface area contributed by atoms with Crippen LogP contribution in [-0.4, -0.2) is 10.1 Å². The van der Waals surface area contributed by atoms with Gasteiger partial charge in [-0.3, -0.25) is 0 Å². The maximum Gasteiger partial charge on any atom is 0.180 e. The van der Waals surface area contributed by atoms with Gasteiger partial charge in [-0.15, -0.1) is 0 Å². The molecule has 0 amide bonds. The third-order valence-electron chi connectivity index (χ3n) is 2.74. The third kappa shape index (κ3) is 2.16. The van der Waals surface area contributed by atoms with Crippen LogP contribution in [0.3, 0.4) is 0 Å². The number of thiazole rings is 1. The second-order valence-electron chi connectivity index (χ2n) is 4.10. The van der Waals surface area contributed by atoms with Crippen LogP contribution in [0.15, 0.2) is 24.4 Å². The zero-order valence-electron chi connectivity index (χ0n) is 9.57. The van der Waals surface area contributed by atoms with Crippen molar-refractivity contribution >= 4 is 16.5 Å². The molecule has 0 saturated heterocycles. The first kappa shape index (κ1) is 12.0. The van der Waals surface area contributed by atoms with Crippen molar-refractivity contribution in [2.45, 2.75) is 19.4 Å². The Hall–Kier alpha value is -1.46. The van der Waals surface area contributed by atoms with Gasteiger partial charge < -0.3 is 10.8 Å². The lowest BCUT2D eigenvalue weighted by Gasteiger charge is -2.22. The SMILES string of the molecule is Cc1ccc(C(C)(O)c2cnc(N)s2)cc1F. The molecule has 0 spiro atoms. The van der Waals surface area contributed by atoms with Gasteiger partial charge >= 0.3 is 0 Å². The molecule has 2 rings (SSSR count). The molecule has 2 aromatic rings. The Morgan fingerprint density at radius 2 is 2.18 bits per heavy atom. The Morgan fingerprint density at radius 3 is 2.71 bits per heavy atom. The van der Waals surface area contributed by atoms with E-state index in [0.717, 1.165) is 0 Å². The second-order valence-corrected chi connectivity index (χ2v) is 5.16. The fourth-order valence-corrected chi connectivity index (χ4v) is 2.30. The zero-order chi connectivity index (χ0) is 12.6. The Bertz CT molecular complexity index is 551. The minimum absolute atomic E-state index is 0.333. The molecule has 1 heterocycles. The smallest absolute Gasteiger partial charge is 0.180 e. The van der Waals surface area contributed by atoms with E-state index in [1.807, 2.05) is 0 Å². The van der Waals surface area contributed by atoms with Gasteiger partial charge in [0.2, 0.25) is 0 Å². The van der Waals surface area contributed by atoms with E-state index < -0.39 is 5.60 Å². The molecule has 0 aliphatic rings.